The summed E-state index contributed by atoms with van der Waals surface area (Å²) in [4.78, 5) is 12.8. The summed E-state index contributed by atoms with van der Waals surface area (Å²) in [5, 5.41) is 7.85. The van der Waals surface area contributed by atoms with E-state index in [1.54, 1.807) is 11.8 Å². The summed E-state index contributed by atoms with van der Waals surface area (Å²) in [5.74, 6) is 0.893. The zero-order valence-electron chi connectivity index (χ0n) is 13.4. The summed E-state index contributed by atoms with van der Waals surface area (Å²) < 4.78 is 29.6. The minimum Gasteiger partial charge on any atom is -0.481 e. The Kier molecular flexibility index (Phi) is 4.75. The van der Waals surface area contributed by atoms with Gasteiger partial charge in [-0.1, -0.05) is 0 Å². The Morgan fingerprint density at radius 2 is 2.08 bits per heavy atom. The third-order valence-corrected chi connectivity index (χ3v) is 3.69. The van der Waals surface area contributed by atoms with Gasteiger partial charge in [0.05, 0.1) is 6.10 Å². The van der Waals surface area contributed by atoms with Crippen molar-refractivity contribution in [3.63, 3.8) is 0 Å². The zero-order valence-corrected chi connectivity index (χ0v) is 13.4. The number of nitrogens with zero attached hydrogens (tertiary/aromatic N) is 3. The van der Waals surface area contributed by atoms with E-state index in [4.69, 9.17) is 13.9 Å². The van der Waals surface area contributed by atoms with Crippen LogP contribution >= 0.6 is 0 Å². The van der Waals surface area contributed by atoms with Gasteiger partial charge in [-0.25, -0.2) is 4.39 Å². The van der Waals surface area contributed by atoms with E-state index in [-0.39, 0.29) is 24.4 Å². The van der Waals surface area contributed by atoms with Crippen molar-refractivity contribution in [3.8, 4) is 5.75 Å². The van der Waals surface area contributed by atoms with Gasteiger partial charge in [-0.3, -0.25) is 4.79 Å². The maximum atomic E-state index is 12.9. The second-order valence-electron chi connectivity index (χ2n) is 5.61. The van der Waals surface area contributed by atoms with E-state index < -0.39 is 6.10 Å². The van der Waals surface area contributed by atoms with Gasteiger partial charge in [-0.2, -0.15) is 0 Å². The van der Waals surface area contributed by atoms with Crippen molar-refractivity contribution >= 4 is 5.91 Å². The topological polar surface area (TPSA) is 77.7 Å². The highest BCUT2D eigenvalue weighted by Crippen LogP contribution is 2.21. The van der Waals surface area contributed by atoms with Crippen LogP contribution in [-0.4, -0.2) is 40.2 Å². The van der Waals surface area contributed by atoms with Crippen LogP contribution in [-0.2, 0) is 16.1 Å². The first-order chi connectivity index (χ1) is 11.5. The number of amides is 1. The predicted octanol–water partition coefficient (Wildman–Crippen LogP) is 2.10. The van der Waals surface area contributed by atoms with E-state index in [0.717, 1.165) is 0 Å². The SMILES string of the molecule is CC(=O)N1CC(OCc2nnc(C(C)Oc3ccc(F)cc3)o2)C1. The van der Waals surface area contributed by atoms with Crippen LogP contribution in [0.15, 0.2) is 28.7 Å². The van der Waals surface area contributed by atoms with Crippen LogP contribution in [0.2, 0.25) is 0 Å². The Labute approximate surface area is 138 Å². The van der Waals surface area contributed by atoms with E-state index in [2.05, 4.69) is 10.2 Å². The molecule has 1 aromatic carbocycles. The van der Waals surface area contributed by atoms with Crippen LogP contribution in [0, 0.1) is 5.82 Å². The molecule has 0 saturated carbocycles. The van der Waals surface area contributed by atoms with E-state index in [0.29, 0.717) is 30.6 Å². The van der Waals surface area contributed by atoms with Crippen molar-refractivity contribution in [1.82, 2.24) is 15.1 Å². The second kappa shape index (κ2) is 6.96. The Hall–Kier alpha value is -2.48. The molecule has 1 fully saturated rings. The Bertz CT molecular complexity index is 698. The van der Waals surface area contributed by atoms with E-state index in [9.17, 15) is 9.18 Å². The molecule has 1 saturated heterocycles. The van der Waals surface area contributed by atoms with Crippen molar-refractivity contribution in [2.75, 3.05) is 13.1 Å². The number of benzene rings is 1. The lowest BCUT2D eigenvalue weighted by Gasteiger charge is -2.37. The van der Waals surface area contributed by atoms with Gasteiger partial charge in [0.1, 0.15) is 18.2 Å². The Morgan fingerprint density at radius 3 is 2.75 bits per heavy atom. The largest absolute Gasteiger partial charge is 0.481 e. The molecule has 0 N–H and O–H groups in total. The molecule has 0 spiro atoms. The first kappa shape index (κ1) is 16.4. The molecule has 1 atom stereocenters. The van der Waals surface area contributed by atoms with Crippen molar-refractivity contribution in [1.29, 1.82) is 0 Å². The van der Waals surface area contributed by atoms with Crippen LogP contribution in [0.3, 0.4) is 0 Å². The quantitative estimate of drug-likeness (QED) is 0.804. The smallest absolute Gasteiger partial charge is 0.256 e. The fraction of sp³-hybridized carbons (Fsp3) is 0.438. The Morgan fingerprint density at radius 1 is 1.38 bits per heavy atom. The van der Waals surface area contributed by atoms with E-state index in [1.807, 2.05) is 0 Å². The summed E-state index contributed by atoms with van der Waals surface area (Å²) >= 11 is 0. The molecule has 3 rings (SSSR count). The zero-order chi connectivity index (χ0) is 17.1. The highest BCUT2D eigenvalue weighted by molar-refractivity contribution is 5.74. The lowest BCUT2D eigenvalue weighted by molar-refractivity contribution is -0.144. The molecule has 1 aliphatic heterocycles. The maximum absolute atomic E-state index is 12.9. The first-order valence-corrected chi connectivity index (χ1v) is 7.63. The van der Waals surface area contributed by atoms with Crippen molar-refractivity contribution in [3.05, 3.63) is 41.9 Å². The first-order valence-electron chi connectivity index (χ1n) is 7.63. The molecule has 0 radical (unpaired) electrons. The normalized spacial score (nSPS) is 15.9. The van der Waals surface area contributed by atoms with Crippen LogP contribution < -0.4 is 4.74 Å². The lowest BCUT2D eigenvalue weighted by atomic mass is 10.2. The molecule has 128 valence electrons. The van der Waals surface area contributed by atoms with Crippen LogP contribution in [0.25, 0.3) is 0 Å². The summed E-state index contributed by atoms with van der Waals surface area (Å²) in [6.45, 7) is 4.65. The van der Waals surface area contributed by atoms with Gasteiger partial charge in [-0.15, -0.1) is 10.2 Å². The number of hydrogen-bond donors (Lipinski definition) is 0. The van der Waals surface area contributed by atoms with Gasteiger partial charge in [0.2, 0.25) is 11.8 Å². The molecule has 0 aliphatic carbocycles. The molecular formula is C16H18FN3O4. The third kappa shape index (κ3) is 3.88. The average molecular weight is 335 g/mol. The maximum Gasteiger partial charge on any atom is 0.256 e. The van der Waals surface area contributed by atoms with Crippen LogP contribution in [0.5, 0.6) is 5.75 Å². The number of rotatable bonds is 6. The summed E-state index contributed by atoms with van der Waals surface area (Å²) in [5.41, 5.74) is 0. The molecule has 1 aromatic heterocycles. The number of carbonyl (C=O) groups is 1. The number of carbonyl (C=O) groups excluding carboxylic acids is 1. The standard InChI is InChI=1S/C16H18FN3O4/c1-10(23-13-5-3-12(17)4-6-13)16-19-18-15(24-16)9-22-14-7-20(8-14)11(2)21/h3-6,10,14H,7-9H2,1-2H3. The van der Waals surface area contributed by atoms with Crippen LogP contribution in [0.1, 0.15) is 31.7 Å². The molecule has 1 unspecified atom stereocenters. The number of ether oxygens (including phenoxy) is 2. The van der Waals surface area contributed by atoms with Gasteiger partial charge < -0.3 is 18.8 Å². The third-order valence-electron chi connectivity index (χ3n) is 3.69. The van der Waals surface area contributed by atoms with Crippen molar-refractivity contribution in [2.45, 2.75) is 32.7 Å². The number of hydrogen-bond acceptors (Lipinski definition) is 6. The molecule has 24 heavy (non-hydrogen) atoms. The van der Waals surface area contributed by atoms with Crippen LogP contribution in [0.4, 0.5) is 4.39 Å². The second-order valence-corrected chi connectivity index (χ2v) is 5.61. The van der Waals surface area contributed by atoms with E-state index >= 15 is 0 Å². The highest BCUT2D eigenvalue weighted by atomic mass is 19.1. The molecule has 1 aliphatic rings. The molecule has 0 bridgehead atoms. The van der Waals surface area contributed by atoms with Crippen molar-refractivity contribution < 1.29 is 23.1 Å². The fourth-order valence-electron chi connectivity index (χ4n) is 2.25. The van der Waals surface area contributed by atoms with E-state index in [1.165, 1.54) is 31.2 Å². The molecule has 7 nitrogen and oxygen atoms in total. The molecular weight excluding hydrogens is 317 g/mol. The van der Waals surface area contributed by atoms with Gasteiger partial charge in [0, 0.05) is 20.0 Å². The van der Waals surface area contributed by atoms with Crippen molar-refractivity contribution in [2.24, 2.45) is 0 Å². The lowest BCUT2D eigenvalue weighted by Crippen LogP contribution is -2.53. The number of aromatic nitrogens is 2. The van der Waals surface area contributed by atoms with Gasteiger partial charge in [0.15, 0.2) is 6.10 Å². The summed E-state index contributed by atoms with van der Waals surface area (Å²) in [6, 6.07) is 5.70. The molecule has 2 heterocycles. The minimum absolute atomic E-state index is 0.00265. The monoisotopic (exact) mass is 335 g/mol. The predicted molar refractivity (Wildman–Crippen MR) is 80.6 cm³/mol. The van der Waals surface area contributed by atoms with Gasteiger partial charge in [0.25, 0.3) is 5.89 Å². The highest BCUT2D eigenvalue weighted by Gasteiger charge is 2.29. The summed E-state index contributed by atoms with van der Waals surface area (Å²) in [7, 11) is 0. The van der Waals surface area contributed by atoms with Gasteiger partial charge in [-0.05, 0) is 31.2 Å². The molecule has 1 amide bonds. The molecule has 8 heteroatoms. The summed E-state index contributed by atoms with van der Waals surface area (Å²) in [6.07, 6.45) is -0.467. The molecule has 2 aromatic rings. The fourth-order valence-corrected chi connectivity index (χ4v) is 2.25. The van der Waals surface area contributed by atoms with Gasteiger partial charge >= 0.3 is 0 Å². The Balaban J connectivity index is 1.48. The number of halogens is 1. The number of likely N-dealkylation sites (tertiary alicyclic amines) is 1. The minimum atomic E-state index is -0.464. The average Bonchev–Trinajstić information content (AvgIpc) is 2.96.